The summed E-state index contributed by atoms with van der Waals surface area (Å²) < 4.78 is 6.39. The lowest BCUT2D eigenvalue weighted by molar-refractivity contribution is 0.0855. The Kier molecular flexibility index (Phi) is 4.90. The lowest BCUT2D eigenvalue weighted by atomic mass is 10.3. The smallest absolute Gasteiger partial charge is 0.0719 e. The number of hydrogen-bond acceptors (Lipinski definition) is 3. The quantitative estimate of drug-likeness (QED) is 0.882. The number of aromatic nitrogens is 1. The zero-order chi connectivity index (χ0) is 10.4. The number of pyridine rings is 1. The molecule has 0 aliphatic rings. The van der Waals surface area contributed by atoms with E-state index in [-0.39, 0.29) is 6.10 Å². The average Bonchev–Trinajstić information content (AvgIpc) is 2.17. The van der Waals surface area contributed by atoms with E-state index in [0.717, 1.165) is 23.3 Å². The number of anilines is 1. The topological polar surface area (TPSA) is 34.1 Å². The van der Waals surface area contributed by atoms with Crippen molar-refractivity contribution in [3.63, 3.8) is 0 Å². The normalized spacial score (nSPS) is 12.5. The van der Waals surface area contributed by atoms with E-state index < -0.39 is 0 Å². The minimum atomic E-state index is 0.222. The Bertz CT molecular complexity index is 281. The summed E-state index contributed by atoms with van der Waals surface area (Å²) in [6, 6.07) is 1.93. The molecule has 0 amide bonds. The number of nitrogens with zero attached hydrogens (tertiary/aromatic N) is 1. The first-order valence-corrected chi connectivity index (χ1v) is 5.48. The van der Waals surface area contributed by atoms with Gasteiger partial charge in [0.15, 0.2) is 0 Å². The lowest BCUT2D eigenvalue weighted by Gasteiger charge is -2.14. The van der Waals surface area contributed by atoms with Crippen molar-refractivity contribution in [2.45, 2.75) is 20.0 Å². The third-order valence-corrected chi connectivity index (χ3v) is 2.44. The van der Waals surface area contributed by atoms with Crippen LogP contribution in [0, 0.1) is 0 Å². The molecule has 1 unspecified atom stereocenters. The van der Waals surface area contributed by atoms with Crippen molar-refractivity contribution in [3.8, 4) is 0 Å². The summed E-state index contributed by atoms with van der Waals surface area (Å²) in [4.78, 5) is 3.99. The summed E-state index contributed by atoms with van der Waals surface area (Å²) >= 11 is 3.42. The highest BCUT2D eigenvalue weighted by Crippen LogP contribution is 2.19. The molecule has 3 nitrogen and oxygen atoms in total. The fourth-order valence-electron chi connectivity index (χ4n) is 1.12. The molecule has 1 aromatic rings. The van der Waals surface area contributed by atoms with Gasteiger partial charge in [0.1, 0.15) is 0 Å². The van der Waals surface area contributed by atoms with Crippen LogP contribution in [0.25, 0.3) is 0 Å². The third kappa shape index (κ3) is 3.64. The van der Waals surface area contributed by atoms with Crippen molar-refractivity contribution in [1.29, 1.82) is 0 Å². The van der Waals surface area contributed by atoms with Crippen molar-refractivity contribution >= 4 is 21.6 Å². The van der Waals surface area contributed by atoms with E-state index in [1.807, 2.05) is 19.9 Å². The number of hydrogen-bond donors (Lipinski definition) is 1. The van der Waals surface area contributed by atoms with Gasteiger partial charge in [-0.15, -0.1) is 0 Å². The number of nitrogens with one attached hydrogen (secondary N) is 1. The third-order valence-electron chi connectivity index (χ3n) is 1.80. The summed E-state index contributed by atoms with van der Waals surface area (Å²) in [6.45, 7) is 5.60. The Morgan fingerprint density at radius 1 is 1.64 bits per heavy atom. The van der Waals surface area contributed by atoms with Gasteiger partial charge >= 0.3 is 0 Å². The Balaban J connectivity index is 2.41. The summed E-state index contributed by atoms with van der Waals surface area (Å²) in [5.41, 5.74) is 1.05. The van der Waals surface area contributed by atoms with Gasteiger partial charge in [-0.3, -0.25) is 4.98 Å². The minimum Gasteiger partial charge on any atom is -0.381 e. The van der Waals surface area contributed by atoms with Crippen LogP contribution in [0.1, 0.15) is 13.8 Å². The van der Waals surface area contributed by atoms with Crippen LogP contribution in [0.2, 0.25) is 0 Å². The summed E-state index contributed by atoms with van der Waals surface area (Å²) in [5.74, 6) is 0. The van der Waals surface area contributed by atoms with Crippen molar-refractivity contribution in [2.24, 2.45) is 0 Å². The van der Waals surface area contributed by atoms with Crippen molar-refractivity contribution < 1.29 is 4.74 Å². The first-order valence-electron chi connectivity index (χ1n) is 4.69. The molecule has 1 heterocycles. The molecule has 0 bridgehead atoms. The van der Waals surface area contributed by atoms with Crippen molar-refractivity contribution in [2.75, 3.05) is 18.5 Å². The Labute approximate surface area is 93.0 Å². The standard InChI is InChI=1S/C10H15BrN2O/c1-3-14-8(2)6-13-10-4-5-12-7-9(10)11/h4-5,7-8H,3,6H2,1-2H3,(H,12,13). The zero-order valence-corrected chi connectivity index (χ0v) is 10.0. The van der Waals surface area contributed by atoms with E-state index in [1.54, 1.807) is 12.4 Å². The number of ether oxygens (including phenoxy) is 1. The van der Waals surface area contributed by atoms with Gasteiger partial charge in [-0.2, -0.15) is 0 Å². The molecule has 0 radical (unpaired) electrons. The van der Waals surface area contributed by atoms with Crippen LogP contribution in [-0.2, 0) is 4.74 Å². The molecule has 1 N–H and O–H groups in total. The van der Waals surface area contributed by atoms with Crippen LogP contribution in [0.15, 0.2) is 22.9 Å². The maximum absolute atomic E-state index is 5.41. The van der Waals surface area contributed by atoms with Gasteiger partial charge in [-0.05, 0) is 35.8 Å². The van der Waals surface area contributed by atoms with Crippen molar-refractivity contribution in [1.82, 2.24) is 4.98 Å². The highest BCUT2D eigenvalue weighted by molar-refractivity contribution is 9.10. The number of halogens is 1. The molecule has 1 rings (SSSR count). The maximum Gasteiger partial charge on any atom is 0.0719 e. The van der Waals surface area contributed by atoms with E-state index in [0.29, 0.717) is 0 Å². The highest BCUT2D eigenvalue weighted by Gasteiger charge is 2.02. The highest BCUT2D eigenvalue weighted by atomic mass is 79.9. The van der Waals surface area contributed by atoms with Gasteiger partial charge in [-0.1, -0.05) is 0 Å². The maximum atomic E-state index is 5.41. The molecule has 1 aromatic heterocycles. The number of rotatable bonds is 5. The van der Waals surface area contributed by atoms with E-state index in [4.69, 9.17) is 4.74 Å². The van der Waals surface area contributed by atoms with Crippen LogP contribution in [0.3, 0.4) is 0 Å². The van der Waals surface area contributed by atoms with Crippen LogP contribution in [0.4, 0.5) is 5.69 Å². The van der Waals surface area contributed by atoms with Crippen molar-refractivity contribution in [3.05, 3.63) is 22.9 Å². The first-order chi connectivity index (χ1) is 6.74. The van der Waals surface area contributed by atoms with Crippen LogP contribution >= 0.6 is 15.9 Å². The summed E-state index contributed by atoms with van der Waals surface area (Å²) in [7, 11) is 0. The van der Waals surface area contributed by atoms with Gasteiger partial charge in [0.05, 0.1) is 16.3 Å². The molecule has 1 atom stereocenters. The van der Waals surface area contributed by atoms with Crippen LogP contribution in [0.5, 0.6) is 0 Å². The molecule has 0 aliphatic carbocycles. The molecule has 0 aliphatic heterocycles. The Morgan fingerprint density at radius 3 is 3.07 bits per heavy atom. The minimum absolute atomic E-state index is 0.222. The SMILES string of the molecule is CCOC(C)CNc1ccncc1Br. The zero-order valence-electron chi connectivity index (χ0n) is 8.46. The molecule has 0 saturated carbocycles. The summed E-state index contributed by atoms with van der Waals surface area (Å²) in [5, 5.41) is 3.29. The predicted molar refractivity (Wildman–Crippen MR) is 61.5 cm³/mol. The van der Waals surface area contributed by atoms with Crippen LogP contribution < -0.4 is 5.32 Å². The van der Waals surface area contributed by atoms with Gasteiger partial charge < -0.3 is 10.1 Å². The molecule has 0 fully saturated rings. The molecule has 0 aromatic carbocycles. The molecule has 0 spiro atoms. The molecule has 78 valence electrons. The Morgan fingerprint density at radius 2 is 2.43 bits per heavy atom. The van der Waals surface area contributed by atoms with E-state index in [9.17, 15) is 0 Å². The molecular weight excluding hydrogens is 244 g/mol. The molecule has 0 saturated heterocycles. The monoisotopic (exact) mass is 258 g/mol. The van der Waals surface area contributed by atoms with E-state index >= 15 is 0 Å². The second kappa shape index (κ2) is 5.98. The predicted octanol–water partition coefficient (Wildman–Crippen LogP) is 2.68. The van der Waals surface area contributed by atoms with Gasteiger partial charge in [0.2, 0.25) is 0 Å². The average molecular weight is 259 g/mol. The fraction of sp³-hybridized carbons (Fsp3) is 0.500. The van der Waals surface area contributed by atoms with Gasteiger partial charge in [-0.25, -0.2) is 0 Å². The summed E-state index contributed by atoms with van der Waals surface area (Å²) in [6.07, 6.45) is 3.76. The largest absolute Gasteiger partial charge is 0.381 e. The lowest BCUT2D eigenvalue weighted by Crippen LogP contribution is -2.19. The van der Waals surface area contributed by atoms with E-state index in [2.05, 4.69) is 26.2 Å². The second-order valence-corrected chi connectivity index (χ2v) is 3.86. The van der Waals surface area contributed by atoms with E-state index in [1.165, 1.54) is 0 Å². The van der Waals surface area contributed by atoms with Gasteiger partial charge in [0, 0.05) is 25.5 Å². The molecular formula is C10H15BrN2O. The molecule has 4 heteroatoms. The fourth-order valence-corrected chi connectivity index (χ4v) is 1.51. The second-order valence-electron chi connectivity index (χ2n) is 3.00. The Hall–Kier alpha value is -0.610. The van der Waals surface area contributed by atoms with Gasteiger partial charge in [0.25, 0.3) is 0 Å². The first kappa shape index (κ1) is 11.5. The van der Waals surface area contributed by atoms with Crippen LogP contribution in [-0.4, -0.2) is 24.2 Å². The molecule has 14 heavy (non-hydrogen) atoms.